The lowest BCUT2D eigenvalue weighted by Gasteiger charge is -2.36. The van der Waals surface area contributed by atoms with Crippen LogP contribution in [0.4, 0.5) is 11.4 Å². The van der Waals surface area contributed by atoms with Gasteiger partial charge >= 0.3 is 0 Å². The molecule has 83 heavy (non-hydrogen) atoms. The van der Waals surface area contributed by atoms with Gasteiger partial charge in [0.1, 0.15) is 0 Å². The largest absolute Gasteiger partial charge is 0.314 e. The molecule has 0 N–H and O–H groups in total. The minimum Gasteiger partial charge on any atom is -0.314 e. The monoisotopic (exact) mass is 1060 g/mol. The molecule has 0 spiro atoms. The summed E-state index contributed by atoms with van der Waals surface area (Å²) < 4.78 is 2.48. The molecule has 2 aliphatic rings. The fourth-order valence-corrected chi connectivity index (χ4v) is 13.2. The van der Waals surface area contributed by atoms with Crippen molar-refractivity contribution in [2.45, 2.75) is 5.92 Å². The van der Waals surface area contributed by atoms with Gasteiger partial charge in [-0.3, -0.25) is 0 Å². The molecule has 2 aromatic heterocycles. The van der Waals surface area contributed by atoms with Crippen molar-refractivity contribution in [3.8, 4) is 39.9 Å². The standard InChI is InChI=1S/C78H53N5/c1-3-24-55(25-4-1)76-79-77(56-26-5-2-6-27-56)81-78(80-76)60-32-17-33-61(48-60)83-73-45-44-63(82(62-43-42-52-21-8-10-29-58(52)47-62)72-39-19-31-54-23-12-14-35-65(54)72)49-69(73)71-50-70(66-36-15-16-37-68(66)75(71)83)74(59-41-40-51-20-7-9-28-57(51)46-59)67-38-18-30-53-22-11-13-34-64(53)67/h1-50,54,65,74H. The molecule has 16 rings (SSSR count). The Bertz CT molecular complexity index is 4950. The summed E-state index contributed by atoms with van der Waals surface area (Å²) in [6.07, 6.45) is 16.0. The van der Waals surface area contributed by atoms with E-state index in [1.54, 1.807) is 0 Å². The number of allylic oxidation sites excluding steroid dienone is 7. The third-order valence-electron chi connectivity index (χ3n) is 17.0. The molecule has 5 nitrogen and oxygen atoms in total. The van der Waals surface area contributed by atoms with Gasteiger partial charge in [-0.05, 0) is 109 Å². The molecule has 3 unspecified atom stereocenters. The molecule has 0 amide bonds. The SMILES string of the molecule is C1=CC2C=CC=C(N(c3ccc4ccccc4c3)c3ccc4c(c3)c3cc(C(c5ccc6ccccc6c5)c5cccc6ccccc56)c5ccccc5c3n4-c3cccc(-c4nc(-c5ccccc5)nc(-c5ccccc5)n4)c3)C2C=C1. The van der Waals surface area contributed by atoms with Crippen molar-refractivity contribution in [3.05, 3.63) is 326 Å². The van der Waals surface area contributed by atoms with E-state index in [9.17, 15) is 0 Å². The van der Waals surface area contributed by atoms with Crippen LogP contribution >= 0.6 is 0 Å². The highest BCUT2D eigenvalue weighted by atomic mass is 15.2. The van der Waals surface area contributed by atoms with Gasteiger partial charge < -0.3 is 9.47 Å². The van der Waals surface area contributed by atoms with Gasteiger partial charge in [0.25, 0.3) is 0 Å². The lowest BCUT2D eigenvalue weighted by atomic mass is 9.79. The minimum absolute atomic E-state index is 0.122. The van der Waals surface area contributed by atoms with Crippen molar-refractivity contribution in [1.29, 1.82) is 0 Å². The summed E-state index contributed by atoms with van der Waals surface area (Å²) in [7, 11) is 0. The molecule has 0 saturated heterocycles. The number of rotatable bonds is 10. The molecule has 0 aliphatic heterocycles. The third-order valence-corrected chi connectivity index (χ3v) is 17.0. The van der Waals surface area contributed by atoms with Gasteiger partial charge in [-0.1, -0.05) is 249 Å². The van der Waals surface area contributed by atoms with Crippen LogP contribution in [0.25, 0.3) is 105 Å². The van der Waals surface area contributed by atoms with Crippen LogP contribution in [0.3, 0.4) is 0 Å². The van der Waals surface area contributed by atoms with Gasteiger partial charge in [-0.25, -0.2) is 15.0 Å². The first kappa shape index (κ1) is 48.2. The van der Waals surface area contributed by atoms with Crippen LogP contribution in [0.15, 0.2) is 309 Å². The number of hydrogen-bond acceptors (Lipinski definition) is 4. The second kappa shape index (κ2) is 20.1. The van der Waals surface area contributed by atoms with Gasteiger partial charge in [-0.15, -0.1) is 0 Å². The maximum absolute atomic E-state index is 5.22. The number of aromatic nitrogens is 4. The summed E-state index contributed by atoms with van der Waals surface area (Å²) in [5.74, 6) is 2.13. The molecule has 5 heteroatoms. The van der Waals surface area contributed by atoms with Gasteiger partial charge in [0.15, 0.2) is 17.5 Å². The smallest absolute Gasteiger partial charge is 0.164 e. The zero-order chi connectivity index (χ0) is 54.8. The summed E-state index contributed by atoms with van der Waals surface area (Å²) in [6.45, 7) is 0. The van der Waals surface area contributed by atoms with E-state index in [1.165, 1.54) is 70.9 Å². The van der Waals surface area contributed by atoms with Crippen molar-refractivity contribution in [2.24, 2.45) is 11.8 Å². The Morgan fingerprint density at radius 1 is 0.361 bits per heavy atom. The van der Waals surface area contributed by atoms with Crippen LogP contribution < -0.4 is 4.90 Å². The highest BCUT2D eigenvalue weighted by Gasteiger charge is 2.31. The summed E-state index contributed by atoms with van der Waals surface area (Å²) >= 11 is 0. The van der Waals surface area contributed by atoms with Gasteiger partial charge in [-0.2, -0.15) is 0 Å². The molecular formula is C78H53N5. The fraction of sp³-hybridized carbons (Fsp3) is 0.0385. The van der Waals surface area contributed by atoms with Crippen molar-refractivity contribution in [3.63, 3.8) is 0 Å². The zero-order valence-corrected chi connectivity index (χ0v) is 45.3. The number of benzene rings is 12. The van der Waals surface area contributed by atoms with E-state index in [2.05, 4.69) is 276 Å². The van der Waals surface area contributed by atoms with Crippen LogP contribution in [0.2, 0.25) is 0 Å². The Morgan fingerprint density at radius 3 is 1.69 bits per heavy atom. The Morgan fingerprint density at radius 2 is 0.928 bits per heavy atom. The van der Waals surface area contributed by atoms with E-state index in [0.717, 1.165) is 50.2 Å². The van der Waals surface area contributed by atoms with E-state index in [1.807, 2.05) is 36.4 Å². The Hall–Kier alpha value is -10.8. The van der Waals surface area contributed by atoms with Gasteiger partial charge in [0, 0.05) is 73.4 Å². The first-order valence-electron chi connectivity index (χ1n) is 28.6. The highest BCUT2D eigenvalue weighted by molar-refractivity contribution is 6.20. The first-order valence-corrected chi connectivity index (χ1v) is 28.6. The van der Waals surface area contributed by atoms with E-state index < -0.39 is 0 Å². The van der Waals surface area contributed by atoms with Crippen molar-refractivity contribution < 1.29 is 0 Å². The number of fused-ring (bicyclic) bond motifs is 9. The highest BCUT2D eigenvalue weighted by Crippen LogP contribution is 2.48. The number of hydrogen-bond donors (Lipinski definition) is 0. The second-order valence-corrected chi connectivity index (χ2v) is 21.9. The van der Waals surface area contributed by atoms with Crippen molar-refractivity contribution in [1.82, 2.24) is 19.5 Å². The average Bonchev–Trinajstić information content (AvgIpc) is 4.16. The molecule has 2 heterocycles. The average molecular weight is 1060 g/mol. The molecule has 3 atom stereocenters. The van der Waals surface area contributed by atoms with E-state index >= 15 is 0 Å². The van der Waals surface area contributed by atoms with E-state index in [-0.39, 0.29) is 17.8 Å². The van der Waals surface area contributed by atoms with E-state index in [4.69, 9.17) is 15.0 Å². The fourth-order valence-electron chi connectivity index (χ4n) is 13.2. The Balaban J connectivity index is 0.982. The molecule has 2 aliphatic carbocycles. The lowest BCUT2D eigenvalue weighted by Crippen LogP contribution is -2.27. The number of anilines is 2. The van der Waals surface area contributed by atoms with Crippen molar-refractivity contribution in [2.75, 3.05) is 4.90 Å². The predicted octanol–water partition coefficient (Wildman–Crippen LogP) is 19.7. The zero-order valence-electron chi connectivity index (χ0n) is 45.3. The summed E-state index contributed by atoms with van der Waals surface area (Å²) in [5.41, 5.74) is 13.2. The Labute approximate surface area is 481 Å². The molecule has 0 bridgehead atoms. The van der Waals surface area contributed by atoms with Crippen LogP contribution in [0, 0.1) is 11.8 Å². The van der Waals surface area contributed by atoms with Crippen LogP contribution in [0.1, 0.15) is 22.6 Å². The molecule has 12 aromatic carbocycles. The van der Waals surface area contributed by atoms with Gasteiger partial charge in [0.05, 0.1) is 11.0 Å². The van der Waals surface area contributed by atoms with Crippen LogP contribution in [-0.4, -0.2) is 19.5 Å². The molecule has 0 saturated carbocycles. The van der Waals surface area contributed by atoms with Crippen molar-refractivity contribution >= 4 is 76.3 Å². The lowest BCUT2D eigenvalue weighted by molar-refractivity contribution is 0.612. The van der Waals surface area contributed by atoms with E-state index in [0.29, 0.717) is 17.5 Å². The molecular weight excluding hydrogens is 1010 g/mol. The molecule has 14 aromatic rings. The molecule has 0 fully saturated rings. The minimum atomic E-state index is -0.122. The molecule has 390 valence electrons. The summed E-state index contributed by atoms with van der Waals surface area (Å²) in [5, 5.41) is 12.0. The summed E-state index contributed by atoms with van der Waals surface area (Å²) in [6, 6.07) is 94.9. The Kier molecular flexibility index (Phi) is 11.7. The normalized spacial score (nSPS) is 15.1. The van der Waals surface area contributed by atoms with Gasteiger partial charge in [0.2, 0.25) is 0 Å². The maximum Gasteiger partial charge on any atom is 0.164 e. The maximum atomic E-state index is 5.22. The molecule has 0 radical (unpaired) electrons. The van der Waals surface area contributed by atoms with Crippen LogP contribution in [0.5, 0.6) is 0 Å². The third kappa shape index (κ3) is 8.44. The summed E-state index contributed by atoms with van der Waals surface area (Å²) in [4.78, 5) is 18.0. The topological polar surface area (TPSA) is 46.8 Å². The first-order chi connectivity index (χ1) is 41.1. The number of nitrogens with zero attached hydrogens (tertiary/aromatic N) is 5. The second-order valence-electron chi connectivity index (χ2n) is 21.9. The predicted molar refractivity (Wildman–Crippen MR) is 345 cm³/mol. The van der Waals surface area contributed by atoms with Crippen LogP contribution in [-0.2, 0) is 0 Å². The quantitative estimate of drug-likeness (QED) is 0.128.